The van der Waals surface area contributed by atoms with Crippen LogP contribution in [0.4, 0.5) is 5.69 Å². The number of nitrogens with two attached hydrogens (primary N) is 1. The number of benzene rings is 2. The summed E-state index contributed by atoms with van der Waals surface area (Å²) in [6.45, 7) is 2.58. The van der Waals surface area contributed by atoms with Crippen molar-refractivity contribution >= 4 is 21.4 Å². The van der Waals surface area contributed by atoms with Crippen molar-refractivity contribution in [2.75, 3.05) is 31.5 Å². The quantitative estimate of drug-likeness (QED) is 0.712. The second-order valence-corrected chi connectivity index (χ2v) is 8.95. The lowest BCUT2D eigenvalue weighted by Gasteiger charge is -2.28. The van der Waals surface area contributed by atoms with Crippen LogP contribution in [-0.2, 0) is 16.4 Å². The molecule has 2 aromatic carbocycles. The maximum Gasteiger partial charge on any atom is 0.257 e. The van der Waals surface area contributed by atoms with Gasteiger partial charge in [0.25, 0.3) is 5.91 Å². The lowest BCUT2D eigenvalue weighted by Crippen LogP contribution is -2.33. The van der Waals surface area contributed by atoms with Crippen LogP contribution in [0.5, 0.6) is 11.5 Å². The number of sulfone groups is 1. The van der Waals surface area contributed by atoms with Crippen molar-refractivity contribution in [3.05, 3.63) is 53.1 Å². The Balaban J connectivity index is 2.05. The molecule has 0 radical (unpaired) electrons. The Labute approximate surface area is 165 Å². The number of anilines is 1. The summed E-state index contributed by atoms with van der Waals surface area (Å²) >= 11 is 0. The largest absolute Gasteiger partial charge is 0.493 e. The van der Waals surface area contributed by atoms with Crippen LogP contribution < -0.4 is 15.2 Å². The number of fused-ring (bicyclic) bond motifs is 1. The average molecular weight is 404 g/mol. The zero-order valence-electron chi connectivity index (χ0n) is 16.1. The molecule has 1 unspecified atom stereocenters. The first-order valence-corrected chi connectivity index (χ1v) is 11.0. The molecule has 0 aliphatic carbocycles. The molecule has 7 nitrogen and oxygen atoms in total. The molecule has 2 N–H and O–H groups in total. The third-order valence-electron chi connectivity index (χ3n) is 4.71. The van der Waals surface area contributed by atoms with E-state index in [0.29, 0.717) is 41.5 Å². The summed E-state index contributed by atoms with van der Waals surface area (Å²) < 4.78 is 35.2. The Morgan fingerprint density at radius 3 is 2.57 bits per heavy atom. The zero-order valence-corrected chi connectivity index (χ0v) is 17.0. The summed E-state index contributed by atoms with van der Waals surface area (Å²) in [5.41, 5.74) is 8.29. The van der Waals surface area contributed by atoms with E-state index in [1.54, 1.807) is 35.2 Å². The molecule has 0 saturated carbocycles. The molecule has 1 heterocycles. The smallest absolute Gasteiger partial charge is 0.257 e. The fraction of sp³-hybridized carbons (Fsp3) is 0.350. The maximum atomic E-state index is 13.0. The highest BCUT2D eigenvalue weighted by Crippen LogP contribution is 2.37. The summed E-state index contributed by atoms with van der Waals surface area (Å²) in [4.78, 5) is 14.6. The van der Waals surface area contributed by atoms with Gasteiger partial charge in [-0.3, -0.25) is 4.79 Å². The van der Waals surface area contributed by atoms with Crippen LogP contribution >= 0.6 is 0 Å². The molecular weight excluding hydrogens is 380 g/mol. The van der Waals surface area contributed by atoms with E-state index in [4.69, 9.17) is 15.2 Å². The number of rotatable bonds is 7. The monoisotopic (exact) mass is 404 g/mol. The molecule has 0 bridgehead atoms. The molecule has 1 atom stereocenters. The van der Waals surface area contributed by atoms with Crippen LogP contribution in [0.1, 0.15) is 34.5 Å². The molecule has 3 rings (SSSR count). The molecular formula is C20H24N2O5S. The Morgan fingerprint density at radius 1 is 1.21 bits per heavy atom. The van der Waals surface area contributed by atoms with Gasteiger partial charge in [-0.25, -0.2) is 8.42 Å². The Bertz CT molecular complexity index is 1000. The Kier molecular flexibility index (Phi) is 5.51. The van der Waals surface area contributed by atoms with E-state index >= 15 is 0 Å². The highest BCUT2D eigenvalue weighted by atomic mass is 32.2. The van der Waals surface area contributed by atoms with Crippen LogP contribution in [0.15, 0.2) is 36.4 Å². The van der Waals surface area contributed by atoms with Crippen LogP contribution in [0.2, 0.25) is 0 Å². The van der Waals surface area contributed by atoms with Crippen molar-refractivity contribution in [1.82, 2.24) is 4.90 Å². The number of hydrogen-bond donors (Lipinski definition) is 1. The molecule has 0 fully saturated rings. The van der Waals surface area contributed by atoms with Gasteiger partial charge in [0, 0.05) is 18.5 Å². The van der Waals surface area contributed by atoms with Crippen molar-refractivity contribution in [1.29, 1.82) is 0 Å². The number of ether oxygens (including phenoxy) is 2. The first-order chi connectivity index (χ1) is 13.2. The van der Waals surface area contributed by atoms with Crippen molar-refractivity contribution in [2.45, 2.75) is 19.5 Å². The van der Waals surface area contributed by atoms with Gasteiger partial charge in [0.15, 0.2) is 11.5 Å². The van der Waals surface area contributed by atoms with Gasteiger partial charge in [0.05, 0.1) is 31.1 Å². The molecule has 0 saturated heterocycles. The van der Waals surface area contributed by atoms with Gasteiger partial charge in [-0.1, -0.05) is 18.2 Å². The van der Waals surface area contributed by atoms with Crippen molar-refractivity contribution in [3.8, 4) is 11.5 Å². The average Bonchev–Trinajstić information content (AvgIpc) is 2.97. The molecule has 28 heavy (non-hydrogen) atoms. The highest BCUT2D eigenvalue weighted by molar-refractivity contribution is 7.90. The molecule has 1 aliphatic rings. The second kappa shape index (κ2) is 7.71. The predicted molar refractivity (Wildman–Crippen MR) is 107 cm³/mol. The van der Waals surface area contributed by atoms with Gasteiger partial charge in [-0.05, 0) is 36.2 Å². The van der Waals surface area contributed by atoms with Gasteiger partial charge in [0.1, 0.15) is 9.84 Å². The van der Waals surface area contributed by atoms with Crippen LogP contribution in [-0.4, -0.2) is 45.0 Å². The third-order valence-corrected chi connectivity index (χ3v) is 5.63. The molecule has 2 aromatic rings. The van der Waals surface area contributed by atoms with Crippen molar-refractivity contribution in [3.63, 3.8) is 0 Å². The fourth-order valence-corrected chi connectivity index (χ4v) is 4.43. The predicted octanol–water partition coefficient (Wildman–Crippen LogP) is 2.42. The molecule has 0 aromatic heterocycles. The van der Waals surface area contributed by atoms with Gasteiger partial charge < -0.3 is 20.1 Å². The first kappa shape index (κ1) is 20.0. The minimum atomic E-state index is -3.37. The van der Waals surface area contributed by atoms with Crippen LogP contribution in [0.3, 0.4) is 0 Å². The van der Waals surface area contributed by atoms with Gasteiger partial charge >= 0.3 is 0 Å². The Morgan fingerprint density at radius 2 is 1.96 bits per heavy atom. The number of nitrogens with zero attached hydrogens (tertiary/aromatic N) is 1. The fourth-order valence-electron chi connectivity index (χ4n) is 3.49. The Hall–Kier alpha value is -2.74. The number of carbonyl (C=O) groups is 1. The lowest BCUT2D eigenvalue weighted by atomic mass is 10.1. The van der Waals surface area contributed by atoms with E-state index in [0.717, 1.165) is 11.8 Å². The summed E-state index contributed by atoms with van der Waals surface area (Å²) in [6.07, 6.45) is 1.16. The van der Waals surface area contributed by atoms with E-state index in [9.17, 15) is 13.2 Å². The number of methoxy groups -OCH3 is 1. The van der Waals surface area contributed by atoms with E-state index in [-0.39, 0.29) is 11.7 Å². The van der Waals surface area contributed by atoms with E-state index < -0.39 is 15.9 Å². The summed E-state index contributed by atoms with van der Waals surface area (Å²) in [7, 11) is -1.83. The van der Waals surface area contributed by atoms with Crippen LogP contribution in [0.25, 0.3) is 0 Å². The second-order valence-electron chi connectivity index (χ2n) is 6.77. The number of carbonyl (C=O) groups excluding carboxylic acids is 1. The number of hydrogen-bond acceptors (Lipinski definition) is 6. The van der Waals surface area contributed by atoms with Crippen molar-refractivity contribution < 1.29 is 22.7 Å². The minimum Gasteiger partial charge on any atom is -0.493 e. The highest BCUT2D eigenvalue weighted by Gasteiger charge is 2.36. The molecule has 0 spiro atoms. The van der Waals surface area contributed by atoms with Crippen LogP contribution in [0, 0.1) is 0 Å². The lowest BCUT2D eigenvalue weighted by molar-refractivity contribution is 0.0719. The molecule has 1 amide bonds. The van der Waals surface area contributed by atoms with Gasteiger partial charge in [0.2, 0.25) is 0 Å². The van der Waals surface area contributed by atoms with E-state index in [1.165, 1.54) is 7.11 Å². The maximum absolute atomic E-state index is 13.0. The van der Waals surface area contributed by atoms with E-state index in [2.05, 4.69) is 0 Å². The molecule has 1 aliphatic heterocycles. The van der Waals surface area contributed by atoms with Gasteiger partial charge in [-0.15, -0.1) is 0 Å². The summed E-state index contributed by atoms with van der Waals surface area (Å²) in [6, 6.07) is 9.84. The van der Waals surface area contributed by atoms with Crippen molar-refractivity contribution in [2.24, 2.45) is 0 Å². The topological polar surface area (TPSA) is 98.9 Å². The minimum absolute atomic E-state index is 0.204. The first-order valence-electron chi connectivity index (χ1n) is 8.92. The SMILES string of the molecule is CCOc1cc(C(CS(C)(=O)=O)N2Cc3cccc(N)c3C2=O)ccc1OC. The van der Waals surface area contributed by atoms with E-state index in [1.807, 2.05) is 13.0 Å². The zero-order chi connectivity index (χ0) is 20.5. The summed E-state index contributed by atoms with van der Waals surface area (Å²) in [5, 5.41) is 0. The number of nitrogen functional groups attached to an aromatic ring is 1. The molecule has 150 valence electrons. The summed E-state index contributed by atoms with van der Waals surface area (Å²) in [5.74, 6) is 0.578. The van der Waals surface area contributed by atoms with Gasteiger partial charge in [-0.2, -0.15) is 0 Å². The standard InChI is InChI=1S/C20H24N2O5S/c1-4-27-18-10-13(8-9-17(18)26-2)16(12-28(3,24)25)22-11-14-6-5-7-15(21)19(14)20(22)23/h5-10,16H,4,11-12,21H2,1-3H3. The normalized spacial score (nSPS) is 14.7. The molecule has 8 heteroatoms. The third kappa shape index (κ3) is 3.91. The number of amides is 1.